The highest BCUT2D eigenvalue weighted by Gasteiger charge is 2.24. The van der Waals surface area contributed by atoms with Gasteiger partial charge in [0.1, 0.15) is 0 Å². The Bertz CT molecular complexity index is 473. The first-order valence-corrected chi connectivity index (χ1v) is 5.04. The third-order valence-corrected chi connectivity index (χ3v) is 2.60. The van der Waals surface area contributed by atoms with Crippen molar-refractivity contribution in [3.05, 3.63) is 31.0 Å². The molecule has 1 heterocycles. The molecule has 1 aromatic heterocycles. The van der Waals surface area contributed by atoms with Crippen LogP contribution in [0.3, 0.4) is 0 Å². The summed E-state index contributed by atoms with van der Waals surface area (Å²) in [6.45, 7) is 0. The van der Waals surface area contributed by atoms with Gasteiger partial charge in [0, 0.05) is 22.6 Å². The number of alkyl halides is 2. The molecular weight excluding hydrogens is 335 g/mol. The van der Waals surface area contributed by atoms with Crippen molar-refractivity contribution in [1.82, 2.24) is 4.98 Å². The van der Waals surface area contributed by atoms with Gasteiger partial charge in [-0.05, 0) is 16.0 Å². The van der Waals surface area contributed by atoms with Gasteiger partial charge in [-0.25, -0.2) is 8.78 Å². The number of nitro groups is 1. The van der Waals surface area contributed by atoms with Crippen LogP contribution >= 0.6 is 22.6 Å². The predicted molar refractivity (Wildman–Crippen MR) is 57.9 cm³/mol. The Morgan fingerprint density at radius 3 is 2.75 bits per heavy atom. The van der Waals surface area contributed by atoms with Gasteiger partial charge in [-0.2, -0.15) is 5.26 Å². The van der Waals surface area contributed by atoms with Gasteiger partial charge in [-0.1, -0.05) is 0 Å². The molecule has 0 aromatic carbocycles. The predicted octanol–water partition coefficient (Wildman–Crippen LogP) is 2.60. The van der Waals surface area contributed by atoms with E-state index in [-0.39, 0.29) is 15.7 Å². The average molecular weight is 339 g/mol. The molecule has 0 bridgehead atoms. The van der Waals surface area contributed by atoms with E-state index >= 15 is 0 Å². The number of aromatic nitrogens is 1. The van der Waals surface area contributed by atoms with Crippen LogP contribution in [-0.4, -0.2) is 9.91 Å². The van der Waals surface area contributed by atoms with Gasteiger partial charge >= 0.3 is 5.82 Å². The summed E-state index contributed by atoms with van der Waals surface area (Å²) in [6, 6.07) is 2.63. The average Bonchev–Trinajstić information content (AvgIpc) is 2.19. The van der Waals surface area contributed by atoms with Crippen molar-refractivity contribution in [2.75, 3.05) is 0 Å². The summed E-state index contributed by atoms with van der Waals surface area (Å²) in [4.78, 5) is 13.3. The highest BCUT2D eigenvalue weighted by Crippen LogP contribution is 2.28. The van der Waals surface area contributed by atoms with E-state index in [0.717, 1.165) is 6.07 Å². The molecule has 0 aliphatic carbocycles. The fraction of sp³-hybridized carbons (Fsp3) is 0.250. The molecule has 1 aromatic rings. The number of hydrogen-bond acceptors (Lipinski definition) is 4. The van der Waals surface area contributed by atoms with Crippen molar-refractivity contribution >= 4 is 28.4 Å². The van der Waals surface area contributed by atoms with Crippen molar-refractivity contribution in [2.24, 2.45) is 0 Å². The lowest BCUT2D eigenvalue weighted by Gasteiger charge is -2.03. The molecule has 0 radical (unpaired) electrons. The van der Waals surface area contributed by atoms with Crippen LogP contribution in [0.1, 0.15) is 17.6 Å². The third-order valence-electron chi connectivity index (χ3n) is 1.74. The Morgan fingerprint density at radius 1 is 1.69 bits per heavy atom. The summed E-state index contributed by atoms with van der Waals surface area (Å²) in [6.07, 6.45) is -3.09. The fourth-order valence-corrected chi connectivity index (χ4v) is 1.69. The second-order valence-corrected chi connectivity index (χ2v) is 3.77. The van der Waals surface area contributed by atoms with Crippen molar-refractivity contribution in [2.45, 2.75) is 12.8 Å². The fourth-order valence-electron chi connectivity index (χ4n) is 1.07. The summed E-state index contributed by atoms with van der Waals surface area (Å²) in [5.41, 5.74) is -0.486. The standard InChI is InChI=1S/C8H4F2IN3O2/c9-6(10)5-3-4(1-2-12)8(14(15)16)13-7(5)11/h3,6H,1H2. The van der Waals surface area contributed by atoms with Crippen molar-refractivity contribution in [1.29, 1.82) is 5.26 Å². The van der Waals surface area contributed by atoms with Crippen LogP contribution in [0.15, 0.2) is 6.07 Å². The van der Waals surface area contributed by atoms with Gasteiger partial charge in [-0.3, -0.25) is 0 Å². The smallest absolute Gasteiger partial charge is 0.358 e. The van der Waals surface area contributed by atoms with Gasteiger partial charge in [-0.15, -0.1) is 0 Å². The first-order chi connectivity index (χ1) is 7.47. The van der Waals surface area contributed by atoms with Crippen LogP contribution in [0, 0.1) is 25.1 Å². The third kappa shape index (κ3) is 2.60. The minimum Gasteiger partial charge on any atom is -0.358 e. The molecule has 0 spiro atoms. The van der Waals surface area contributed by atoms with Crippen LogP contribution in [0.5, 0.6) is 0 Å². The molecule has 0 saturated carbocycles. The monoisotopic (exact) mass is 339 g/mol. The zero-order chi connectivity index (χ0) is 12.3. The Balaban J connectivity index is 3.38. The molecule has 8 heteroatoms. The zero-order valence-electron chi connectivity index (χ0n) is 7.65. The maximum absolute atomic E-state index is 12.5. The van der Waals surface area contributed by atoms with Crippen LogP contribution in [-0.2, 0) is 6.42 Å². The Hall–Kier alpha value is -1.37. The molecular formula is C8H4F2IN3O2. The molecule has 84 valence electrons. The normalized spacial score (nSPS) is 10.2. The highest BCUT2D eigenvalue weighted by atomic mass is 127. The van der Waals surface area contributed by atoms with Crippen molar-refractivity contribution in [3.8, 4) is 6.07 Å². The first kappa shape index (κ1) is 12.7. The SMILES string of the molecule is N#CCc1cc(C(F)F)c(I)nc1[N+](=O)[O-]. The maximum atomic E-state index is 12.5. The Labute approximate surface area is 102 Å². The van der Waals surface area contributed by atoms with E-state index in [1.807, 2.05) is 0 Å². The zero-order valence-corrected chi connectivity index (χ0v) is 9.81. The molecule has 0 aliphatic heterocycles. The molecule has 1 rings (SSSR count). The molecule has 0 N–H and O–H groups in total. The molecule has 0 atom stereocenters. The quantitative estimate of drug-likeness (QED) is 0.367. The number of rotatable bonds is 3. The van der Waals surface area contributed by atoms with Crippen molar-refractivity contribution in [3.63, 3.8) is 0 Å². The van der Waals surface area contributed by atoms with E-state index < -0.39 is 22.7 Å². The van der Waals surface area contributed by atoms with Crippen LogP contribution in [0.25, 0.3) is 0 Å². The lowest BCUT2D eigenvalue weighted by Crippen LogP contribution is -2.03. The largest absolute Gasteiger partial charge is 0.368 e. The number of nitrogens with zero attached hydrogens (tertiary/aromatic N) is 3. The van der Waals surface area contributed by atoms with Crippen LogP contribution in [0.4, 0.5) is 14.6 Å². The summed E-state index contributed by atoms with van der Waals surface area (Å²) < 4.78 is 24.8. The second-order valence-electron chi connectivity index (χ2n) is 2.74. The van der Waals surface area contributed by atoms with Gasteiger partial charge in [0.25, 0.3) is 6.43 Å². The van der Waals surface area contributed by atoms with Crippen LogP contribution < -0.4 is 0 Å². The van der Waals surface area contributed by atoms with E-state index in [4.69, 9.17) is 5.26 Å². The van der Waals surface area contributed by atoms with E-state index in [1.54, 1.807) is 6.07 Å². The molecule has 5 nitrogen and oxygen atoms in total. The molecule has 0 fully saturated rings. The summed E-state index contributed by atoms with van der Waals surface area (Å²) in [5, 5.41) is 19.0. The minimum atomic E-state index is -2.77. The van der Waals surface area contributed by atoms with E-state index in [2.05, 4.69) is 4.98 Å². The van der Waals surface area contributed by atoms with E-state index in [1.165, 1.54) is 22.6 Å². The molecule has 0 saturated heterocycles. The van der Waals surface area contributed by atoms with E-state index in [9.17, 15) is 18.9 Å². The maximum Gasteiger partial charge on any atom is 0.368 e. The Kier molecular flexibility index (Phi) is 4.05. The molecule has 16 heavy (non-hydrogen) atoms. The van der Waals surface area contributed by atoms with E-state index in [0.29, 0.717) is 0 Å². The topological polar surface area (TPSA) is 79.8 Å². The Morgan fingerprint density at radius 2 is 2.31 bits per heavy atom. The number of hydrogen-bond donors (Lipinski definition) is 0. The van der Waals surface area contributed by atoms with Crippen molar-refractivity contribution < 1.29 is 13.7 Å². The lowest BCUT2D eigenvalue weighted by molar-refractivity contribution is -0.390. The first-order valence-electron chi connectivity index (χ1n) is 3.96. The summed E-state index contributed by atoms with van der Waals surface area (Å²) in [5.74, 6) is -0.546. The van der Waals surface area contributed by atoms with Crippen LogP contribution in [0.2, 0.25) is 0 Å². The molecule has 0 unspecified atom stereocenters. The minimum absolute atomic E-state index is 0.0942. The van der Waals surface area contributed by atoms with Gasteiger partial charge in [0.15, 0.2) is 0 Å². The van der Waals surface area contributed by atoms with Gasteiger partial charge in [0.05, 0.1) is 23.6 Å². The lowest BCUT2D eigenvalue weighted by atomic mass is 10.1. The summed E-state index contributed by atoms with van der Waals surface area (Å²) >= 11 is 1.50. The molecule has 0 aliphatic rings. The number of halogens is 3. The molecule has 0 amide bonds. The highest BCUT2D eigenvalue weighted by molar-refractivity contribution is 14.1. The summed E-state index contributed by atoms with van der Waals surface area (Å²) in [7, 11) is 0. The second kappa shape index (κ2) is 5.11. The van der Waals surface area contributed by atoms with Gasteiger partial charge < -0.3 is 10.1 Å². The number of pyridine rings is 1. The van der Waals surface area contributed by atoms with Gasteiger partial charge in [0.2, 0.25) is 3.70 Å². The number of nitriles is 1.